The van der Waals surface area contributed by atoms with E-state index in [-0.39, 0.29) is 0 Å². The average molecular weight is 111 g/mol. The number of hydrogen-bond acceptors (Lipinski definition) is 1. The predicted molar refractivity (Wildman–Crippen MR) is 31.5 cm³/mol. The maximum atomic E-state index is 5.44. The molecule has 2 bridgehead atoms. The van der Waals surface area contributed by atoms with Gasteiger partial charge in [-0.15, -0.1) is 0 Å². The van der Waals surface area contributed by atoms with Crippen LogP contribution in [0.5, 0.6) is 0 Å². The molecule has 0 N–H and O–H groups in total. The maximum Gasteiger partial charge on any atom is 0.0581 e. The topological polar surface area (TPSA) is 9.23 Å². The second-order valence-electron chi connectivity index (χ2n) is 2.78. The highest BCUT2D eigenvalue weighted by molar-refractivity contribution is 5.00. The Kier molecular flexibility index (Phi) is 1.04. The normalized spacial score (nSPS) is 38.2. The lowest BCUT2D eigenvalue weighted by Gasteiger charge is -2.13. The highest BCUT2D eigenvalue weighted by atomic mass is 16.5. The fourth-order valence-corrected chi connectivity index (χ4v) is 1.61. The van der Waals surface area contributed by atoms with Crippen LogP contribution in [-0.2, 0) is 4.74 Å². The second-order valence-corrected chi connectivity index (χ2v) is 2.78. The summed E-state index contributed by atoms with van der Waals surface area (Å²) >= 11 is 0. The van der Waals surface area contributed by atoms with Crippen molar-refractivity contribution in [3.8, 4) is 0 Å². The van der Waals surface area contributed by atoms with Gasteiger partial charge < -0.3 is 4.74 Å². The van der Waals surface area contributed by atoms with E-state index in [1.165, 1.54) is 25.7 Å². The average Bonchev–Trinajstić information content (AvgIpc) is 2.12. The quantitative estimate of drug-likeness (QED) is 0.460. The van der Waals surface area contributed by atoms with E-state index in [9.17, 15) is 0 Å². The molecule has 0 aromatic rings. The molecule has 1 heteroatoms. The molecule has 1 aliphatic heterocycles. The molecule has 1 atom stereocenters. The van der Waals surface area contributed by atoms with Gasteiger partial charge in [-0.1, -0.05) is 6.42 Å². The van der Waals surface area contributed by atoms with Gasteiger partial charge in [0.05, 0.1) is 12.7 Å². The van der Waals surface area contributed by atoms with Crippen molar-refractivity contribution in [1.29, 1.82) is 0 Å². The Bertz CT molecular complexity index is 76.4. The van der Waals surface area contributed by atoms with E-state index >= 15 is 0 Å². The molecule has 0 aromatic heterocycles. The minimum absolute atomic E-state index is 0.624. The molecule has 1 heterocycles. The Morgan fingerprint density at radius 2 is 2.50 bits per heavy atom. The molecule has 2 fully saturated rings. The molecule has 1 aliphatic carbocycles. The second kappa shape index (κ2) is 1.73. The smallest absolute Gasteiger partial charge is 0.0581 e. The Labute approximate surface area is 50.0 Å². The van der Waals surface area contributed by atoms with E-state index in [0.29, 0.717) is 6.10 Å². The first-order chi connectivity index (χ1) is 3.95. The lowest BCUT2D eigenvalue weighted by molar-refractivity contribution is 0.109. The molecule has 2 aliphatic rings. The molecular formula is C7H11O. The summed E-state index contributed by atoms with van der Waals surface area (Å²) in [7, 11) is 0. The van der Waals surface area contributed by atoms with Crippen molar-refractivity contribution < 1.29 is 4.74 Å². The maximum absolute atomic E-state index is 5.44. The molecule has 1 unspecified atom stereocenters. The van der Waals surface area contributed by atoms with Crippen LogP contribution in [0, 0.1) is 5.92 Å². The van der Waals surface area contributed by atoms with Gasteiger partial charge in [0, 0.05) is 5.92 Å². The van der Waals surface area contributed by atoms with Crippen molar-refractivity contribution in [3.05, 3.63) is 5.92 Å². The van der Waals surface area contributed by atoms with Gasteiger partial charge in [-0.05, 0) is 19.3 Å². The first-order valence-corrected chi connectivity index (χ1v) is 3.40. The van der Waals surface area contributed by atoms with E-state index in [4.69, 9.17) is 4.74 Å². The van der Waals surface area contributed by atoms with Gasteiger partial charge in [-0.2, -0.15) is 0 Å². The van der Waals surface area contributed by atoms with Crippen molar-refractivity contribution in [2.24, 2.45) is 0 Å². The SMILES string of the molecule is C1C[C]2COC(C1)C2. The minimum atomic E-state index is 0.624. The number of hydrogen-bond donors (Lipinski definition) is 0. The van der Waals surface area contributed by atoms with Gasteiger partial charge in [0.2, 0.25) is 0 Å². The van der Waals surface area contributed by atoms with Crippen LogP contribution in [0.2, 0.25) is 0 Å². The van der Waals surface area contributed by atoms with E-state index in [2.05, 4.69) is 0 Å². The molecular weight excluding hydrogens is 100 g/mol. The molecule has 1 saturated carbocycles. The summed E-state index contributed by atoms with van der Waals surface area (Å²) in [5.41, 5.74) is 0. The van der Waals surface area contributed by atoms with E-state index in [1.807, 2.05) is 0 Å². The lowest BCUT2D eigenvalue weighted by atomic mass is 9.91. The molecule has 0 amide bonds. The molecule has 1 nitrogen and oxygen atoms in total. The highest BCUT2D eigenvalue weighted by Gasteiger charge is 2.29. The Balaban J connectivity index is 2.03. The van der Waals surface area contributed by atoms with Crippen molar-refractivity contribution in [1.82, 2.24) is 0 Å². The zero-order chi connectivity index (χ0) is 5.40. The third kappa shape index (κ3) is 0.655. The summed E-state index contributed by atoms with van der Waals surface area (Å²) in [5, 5.41) is 0. The molecule has 2 rings (SSSR count). The third-order valence-corrected chi connectivity index (χ3v) is 2.10. The Hall–Kier alpha value is -0.0400. The van der Waals surface area contributed by atoms with Crippen molar-refractivity contribution in [2.45, 2.75) is 31.8 Å². The van der Waals surface area contributed by atoms with Gasteiger partial charge in [0.1, 0.15) is 0 Å². The van der Waals surface area contributed by atoms with E-state index in [0.717, 1.165) is 6.61 Å². The van der Waals surface area contributed by atoms with Crippen LogP contribution in [-0.4, -0.2) is 12.7 Å². The summed E-state index contributed by atoms with van der Waals surface area (Å²) in [6.45, 7) is 0.977. The molecule has 0 spiro atoms. The summed E-state index contributed by atoms with van der Waals surface area (Å²) in [5.74, 6) is 1.65. The summed E-state index contributed by atoms with van der Waals surface area (Å²) in [6, 6.07) is 0. The summed E-state index contributed by atoms with van der Waals surface area (Å²) < 4.78 is 5.44. The van der Waals surface area contributed by atoms with Crippen LogP contribution in [0.3, 0.4) is 0 Å². The minimum Gasteiger partial charge on any atom is -0.378 e. The van der Waals surface area contributed by atoms with Crippen molar-refractivity contribution >= 4 is 0 Å². The van der Waals surface area contributed by atoms with Crippen LogP contribution in [0.4, 0.5) is 0 Å². The molecule has 1 radical (unpaired) electrons. The predicted octanol–water partition coefficient (Wildman–Crippen LogP) is 1.53. The first kappa shape index (κ1) is 4.80. The zero-order valence-corrected chi connectivity index (χ0v) is 5.02. The molecule has 0 aromatic carbocycles. The number of rotatable bonds is 0. The van der Waals surface area contributed by atoms with Crippen molar-refractivity contribution in [3.63, 3.8) is 0 Å². The van der Waals surface area contributed by atoms with Gasteiger partial charge in [-0.25, -0.2) is 0 Å². The van der Waals surface area contributed by atoms with E-state index in [1.54, 1.807) is 5.92 Å². The zero-order valence-electron chi connectivity index (χ0n) is 5.02. The molecule has 1 saturated heterocycles. The summed E-state index contributed by atoms with van der Waals surface area (Å²) in [6.07, 6.45) is 5.93. The van der Waals surface area contributed by atoms with Gasteiger partial charge in [-0.3, -0.25) is 0 Å². The number of ether oxygens (including phenoxy) is 1. The fraction of sp³-hybridized carbons (Fsp3) is 0.857. The lowest BCUT2D eigenvalue weighted by Crippen LogP contribution is -2.08. The molecule has 8 heavy (non-hydrogen) atoms. The number of fused-ring (bicyclic) bond motifs is 2. The monoisotopic (exact) mass is 111 g/mol. The van der Waals surface area contributed by atoms with Gasteiger partial charge >= 0.3 is 0 Å². The van der Waals surface area contributed by atoms with Crippen LogP contribution in [0.1, 0.15) is 25.7 Å². The fourth-order valence-electron chi connectivity index (χ4n) is 1.61. The van der Waals surface area contributed by atoms with Gasteiger partial charge in [0.15, 0.2) is 0 Å². The first-order valence-electron chi connectivity index (χ1n) is 3.40. The van der Waals surface area contributed by atoms with Crippen LogP contribution < -0.4 is 0 Å². The van der Waals surface area contributed by atoms with Crippen LogP contribution in [0.15, 0.2) is 0 Å². The Morgan fingerprint density at radius 3 is 3.25 bits per heavy atom. The molecule has 45 valence electrons. The van der Waals surface area contributed by atoms with Gasteiger partial charge in [0.25, 0.3) is 0 Å². The standard InChI is InChI=1S/C7H11O/c1-2-6-4-7(3-1)8-5-6/h7H,1-5H2. The largest absolute Gasteiger partial charge is 0.378 e. The Morgan fingerprint density at radius 1 is 1.50 bits per heavy atom. The summed E-state index contributed by atoms with van der Waals surface area (Å²) in [4.78, 5) is 0. The van der Waals surface area contributed by atoms with Crippen LogP contribution in [0.25, 0.3) is 0 Å². The third-order valence-electron chi connectivity index (χ3n) is 2.10. The highest BCUT2D eigenvalue weighted by Crippen LogP contribution is 2.34. The van der Waals surface area contributed by atoms with Crippen molar-refractivity contribution in [2.75, 3.05) is 6.61 Å². The van der Waals surface area contributed by atoms with E-state index < -0.39 is 0 Å². The van der Waals surface area contributed by atoms with Crippen LogP contribution >= 0.6 is 0 Å².